The number of benzene rings is 1. The van der Waals surface area contributed by atoms with Crippen LogP contribution in [-0.4, -0.2) is 53.9 Å². The number of hydrogen-bond donors (Lipinski definition) is 2. The molecule has 0 radical (unpaired) electrons. The highest BCUT2D eigenvalue weighted by atomic mass is 35.5. The minimum Gasteiger partial charge on any atom is -0.384 e. The van der Waals surface area contributed by atoms with Crippen molar-refractivity contribution in [3.05, 3.63) is 29.8 Å². The number of methoxy groups -OCH3 is 1. The first-order valence-corrected chi connectivity index (χ1v) is 8.41. The zero-order chi connectivity index (χ0) is 15.7. The lowest BCUT2D eigenvalue weighted by atomic mass is 10.2. The van der Waals surface area contributed by atoms with Crippen molar-refractivity contribution in [3.8, 4) is 0 Å². The monoisotopic (exact) mass is 350 g/mol. The van der Waals surface area contributed by atoms with Gasteiger partial charge in [-0.05, 0) is 44.3 Å². The molecular formula is C14H23ClN2O4S. The smallest absolute Gasteiger partial charge is 0.251 e. The van der Waals surface area contributed by atoms with Crippen LogP contribution in [0, 0.1) is 0 Å². The quantitative estimate of drug-likeness (QED) is 0.645. The van der Waals surface area contributed by atoms with Crippen molar-refractivity contribution in [3.63, 3.8) is 0 Å². The largest absolute Gasteiger partial charge is 0.384 e. The van der Waals surface area contributed by atoms with Crippen LogP contribution in [0.5, 0.6) is 0 Å². The van der Waals surface area contributed by atoms with Crippen molar-refractivity contribution in [1.29, 1.82) is 0 Å². The highest BCUT2D eigenvalue weighted by Gasteiger charge is 2.14. The predicted molar refractivity (Wildman–Crippen MR) is 88.5 cm³/mol. The summed E-state index contributed by atoms with van der Waals surface area (Å²) >= 11 is 0. The number of sulfone groups is 1. The van der Waals surface area contributed by atoms with Crippen molar-refractivity contribution < 1.29 is 17.9 Å². The van der Waals surface area contributed by atoms with E-state index in [-0.39, 0.29) is 35.6 Å². The van der Waals surface area contributed by atoms with Crippen molar-refractivity contribution in [1.82, 2.24) is 10.6 Å². The fourth-order valence-corrected chi connectivity index (χ4v) is 2.87. The van der Waals surface area contributed by atoms with Crippen LogP contribution >= 0.6 is 12.4 Å². The molecule has 0 unspecified atom stereocenters. The maximum Gasteiger partial charge on any atom is 0.251 e. The summed E-state index contributed by atoms with van der Waals surface area (Å²) in [5.74, 6) is -0.272. The number of nitrogens with one attached hydrogen (secondary N) is 2. The van der Waals surface area contributed by atoms with Gasteiger partial charge in [0.25, 0.3) is 5.91 Å². The van der Waals surface area contributed by atoms with E-state index < -0.39 is 9.84 Å². The van der Waals surface area contributed by atoms with Crippen molar-refractivity contribution in [2.75, 3.05) is 39.6 Å². The lowest BCUT2D eigenvalue weighted by Gasteiger charge is -2.07. The van der Waals surface area contributed by atoms with Gasteiger partial charge in [-0.15, -0.1) is 12.4 Å². The first-order chi connectivity index (χ1) is 10.0. The molecule has 22 heavy (non-hydrogen) atoms. The van der Waals surface area contributed by atoms with Gasteiger partial charge in [0.1, 0.15) is 0 Å². The van der Waals surface area contributed by atoms with Gasteiger partial charge in [0.2, 0.25) is 0 Å². The number of carbonyl (C=O) groups is 1. The third kappa shape index (κ3) is 6.74. The van der Waals surface area contributed by atoms with E-state index in [1.54, 1.807) is 0 Å². The van der Waals surface area contributed by atoms with Gasteiger partial charge in [-0.3, -0.25) is 4.79 Å². The molecule has 0 bridgehead atoms. The van der Waals surface area contributed by atoms with E-state index in [9.17, 15) is 13.2 Å². The van der Waals surface area contributed by atoms with Crippen molar-refractivity contribution in [2.24, 2.45) is 0 Å². The zero-order valence-electron chi connectivity index (χ0n) is 12.8. The van der Waals surface area contributed by atoms with Crippen LogP contribution < -0.4 is 10.6 Å². The summed E-state index contributed by atoms with van der Waals surface area (Å²) in [5, 5.41) is 5.77. The highest BCUT2D eigenvalue weighted by Crippen LogP contribution is 2.12. The summed E-state index contributed by atoms with van der Waals surface area (Å²) in [6.07, 6.45) is 0.839. The molecule has 0 atom stereocenters. The maximum absolute atomic E-state index is 11.9. The fraction of sp³-hybridized carbons (Fsp3) is 0.500. The number of halogens is 1. The molecular weight excluding hydrogens is 328 g/mol. The normalized spacial score (nSPS) is 10.8. The van der Waals surface area contributed by atoms with Gasteiger partial charge in [-0.25, -0.2) is 8.42 Å². The van der Waals surface area contributed by atoms with Gasteiger partial charge in [-0.2, -0.15) is 0 Å². The molecule has 0 aliphatic heterocycles. The van der Waals surface area contributed by atoms with Gasteiger partial charge in [0.05, 0.1) is 17.3 Å². The summed E-state index contributed by atoms with van der Waals surface area (Å²) < 4.78 is 28.6. The second-order valence-corrected chi connectivity index (χ2v) is 6.66. The summed E-state index contributed by atoms with van der Waals surface area (Å²) in [7, 11) is -0.0470. The Labute approximate surface area is 138 Å². The second-order valence-electron chi connectivity index (χ2n) is 4.55. The number of hydrogen-bond acceptors (Lipinski definition) is 5. The Morgan fingerprint density at radius 3 is 2.36 bits per heavy atom. The van der Waals surface area contributed by atoms with E-state index in [4.69, 9.17) is 4.74 Å². The Morgan fingerprint density at radius 2 is 1.82 bits per heavy atom. The molecule has 0 saturated carbocycles. The van der Waals surface area contributed by atoms with E-state index in [1.807, 2.05) is 7.05 Å². The Bertz CT molecular complexity index is 546. The van der Waals surface area contributed by atoms with Crippen LogP contribution in [0.1, 0.15) is 16.8 Å². The lowest BCUT2D eigenvalue weighted by molar-refractivity contribution is 0.0953. The van der Waals surface area contributed by atoms with Crippen LogP contribution in [-0.2, 0) is 14.6 Å². The van der Waals surface area contributed by atoms with Crippen molar-refractivity contribution in [2.45, 2.75) is 11.3 Å². The van der Waals surface area contributed by atoms with Crippen LogP contribution in [0.3, 0.4) is 0 Å². The first kappa shape index (κ1) is 20.9. The summed E-state index contributed by atoms with van der Waals surface area (Å²) in [5.41, 5.74) is 0.449. The van der Waals surface area contributed by atoms with E-state index >= 15 is 0 Å². The molecule has 0 aliphatic carbocycles. The summed E-state index contributed by atoms with van der Waals surface area (Å²) in [4.78, 5) is 12.0. The topological polar surface area (TPSA) is 84.5 Å². The summed E-state index contributed by atoms with van der Waals surface area (Å²) in [6.45, 7) is 1.56. The van der Waals surface area contributed by atoms with Gasteiger partial charge in [-0.1, -0.05) is 0 Å². The Kier molecular flexibility index (Phi) is 10.0. The molecule has 0 aromatic heterocycles. The van der Waals surface area contributed by atoms with E-state index in [0.29, 0.717) is 12.1 Å². The third-order valence-electron chi connectivity index (χ3n) is 2.92. The zero-order valence-corrected chi connectivity index (χ0v) is 14.4. The Hall–Kier alpha value is -1.15. The molecule has 1 aromatic rings. The van der Waals surface area contributed by atoms with Crippen LogP contribution in [0.25, 0.3) is 0 Å². The van der Waals surface area contributed by atoms with Crippen molar-refractivity contribution >= 4 is 28.2 Å². The average molecular weight is 351 g/mol. The predicted octanol–water partition coefficient (Wildman–Crippen LogP) is 0.868. The Morgan fingerprint density at radius 1 is 1.18 bits per heavy atom. The molecule has 126 valence electrons. The molecule has 0 saturated heterocycles. The average Bonchev–Trinajstić information content (AvgIpc) is 2.49. The minimum atomic E-state index is -3.35. The third-order valence-corrected chi connectivity index (χ3v) is 4.62. The molecule has 2 N–H and O–H groups in total. The van der Waals surface area contributed by atoms with E-state index in [1.165, 1.54) is 31.4 Å². The van der Waals surface area contributed by atoms with E-state index in [2.05, 4.69) is 10.6 Å². The maximum atomic E-state index is 11.9. The number of amides is 1. The molecule has 1 rings (SSSR count). The molecule has 1 amide bonds. The molecule has 0 fully saturated rings. The highest BCUT2D eigenvalue weighted by molar-refractivity contribution is 7.91. The SMILES string of the molecule is CNCCCNC(=O)c1ccc(S(=O)(=O)CCOC)cc1.Cl. The number of ether oxygens (including phenoxy) is 1. The van der Waals surface area contributed by atoms with E-state index in [0.717, 1.165) is 13.0 Å². The Balaban J connectivity index is 0.00000441. The first-order valence-electron chi connectivity index (χ1n) is 6.76. The van der Waals surface area contributed by atoms with Gasteiger partial charge >= 0.3 is 0 Å². The number of rotatable bonds is 9. The molecule has 0 spiro atoms. The van der Waals surface area contributed by atoms with Gasteiger partial charge < -0.3 is 15.4 Å². The lowest BCUT2D eigenvalue weighted by Crippen LogP contribution is -2.26. The standard InChI is InChI=1S/C14H22N2O4S.ClH/c1-15-8-3-9-16-14(17)12-4-6-13(7-5-12)21(18,19)11-10-20-2;/h4-7,15H,3,8-11H2,1-2H3,(H,16,17);1H. The number of carbonyl (C=O) groups excluding carboxylic acids is 1. The minimum absolute atomic E-state index is 0. The van der Waals surface area contributed by atoms with Gasteiger partial charge in [0.15, 0.2) is 9.84 Å². The molecule has 8 heteroatoms. The summed E-state index contributed by atoms with van der Waals surface area (Å²) in [6, 6.07) is 5.95. The van der Waals surface area contributed by atoms with Crippen LogP contribution in [0.15, 0.2) is 29.2 Å². The molecule has 0 aliphatic rings. The van der Waals surface area contributed by atoms with Gasteiger partial charge in [0, 0.05) is 19.2 Å². The molecule has 1 aromatic carbocycles. The van der Waals surface area contributed by atoms with Crippen LogP contribution in [0.4, 0.5) is 0 Å². The fourth-order valence-electron chi connectivity index (χ4n) is 1.69. The van der Waals surface area contributed by atoms with Crippen LogP contribution in [0.2, 0.25) is 0 Å². The molecule has 0 heterocycles. The second kappa shape index (κ2) is 10.6. The molecule has 6 nitrogen and oxygen atoms in total.